The van der Waals surface area contributed by atoms with E-state index in [0.29, 0.717) is 36.3 Å². The second-order valence-electron chi connectivity index (χ2n) is 7.62. The van der Waals surface area contributed by atoms with Gasteiger partial charge in [0.05, 0.1) is 17.5 Å². The summed E-state index contributed by atoms with van der Waals surface area (Å²) in [6, 6.07) is 11.2. The van der Waals surface area contributed by atoms with Gasteiger partial charge < -0.3 is 25.4 Å². The Hall–Kier alpha value is -3.94. The standard InChI is InChI=1S/C24H25N5O3/c1-26-23(18(14-25)15-30)29-11-7-19(8-12-29)28-24(31)17-4-2-16(3-5-17)22-20-9-13-32-21(20)6-10-27-22/h2-6,9-10,13-15,19,25-26H,7-8,11-12H2,1H3,(H,28,31)/b23-18-,25-14?. The molecule has 3 heterocycles. The van der Waals surface area contributed by atoms with Crippen molar-refractivity contribution in [2.75, 3.05) is 20.1 Å². The number of allylic oxidation sites excluding steroid dienone is 1. The predicted molar refractivity (Wildman–Crippen MR) is 122 cm³/mol. The maximum atomic E-state index is 12.8. The fourth-order valence-corrected chi connectivity index (χ4v) is 4.06. The van der Waals surface area contributed by atoms with Crippen molar-refractivity contribution >= 4 is 29.4 Å². The molecule has 1 aromatic carbocycles. The lowest BCUT2D eigenvalue weighted by Crippen LogP contribution is -2.46. The van der Waals surface area contributed by atoms with Gasteiger partial charge in [0.2, 0.25) is 0 Å². The molecule has 4 rings (SSSR count). The Morgan fingerprint density at radius 2 is 1.94 bits per heavy atom. The molecule has 0 aliphatic carbocycles. The molecule has 164 valence electrons. The smallest absolute Gasteiger partial charge is 0.251 e. The van der Waals surface area contributed by atoms with Crippen LogP contribution in [0.3, 0.4) is 0 Å². The normalized spacial score (nSPS) is 15.2. The third kappa shape index (κ3) is 4.25. The number of carbonyl (C=O) groups excluding carboxylic acids is 2. The first kappa shape index (κ1) is 21.3. The number of fused-ring (bicyclic) bond motifs is 1. The molecule has 1 saturated heterocycles. The van der Waals surface area contributed by atoms with Crippen LogP contribution in [0.5, 0.6) is 0 Å². The van der Waals surface area contributed by atoms with Crippen molar-refractivity contribution in [2.24, 2.45) is 0 Å². The molecule has 2 aromatic heterocycles. The molecule has 0 bridgehead atoms. The van der Waals surface area contributed by atoms with Crippen LogP contribution < -0.4 is 10.6 Å². The molecule has 0 saturated carbocycles. The van der Waals surface area contributed by atoms with Gasteiger partial charge in [0.25, 0.3) is 5.91 Å². The number of pyridine rings is 1. The minimum absolute atomic E-state index is 0.0533. The topological polar surface area (TPSA) is 111 Å². The second kappa shape index (κ2) is 9.47. The third-order valence-electron chi connectivity index (χ3n) is 5.74. The number of aldehydes is 1. The van der Waals surface area contributed by atoms with E-state index in [-0.39, 0.29) is 11.9 Å². The number of piperidine rings is 1. The first-order chi connectivity index (χ1) is 15.6. The number of rotatable bonds is 7. The molecular weight excluding hydrogens is 406 g/mol. The van der Waals surface area contributed by atoms with Crippen molar-refractivity contribution in [3.8, 4) is 11.3 Å². The number of aromatic nitrogens is 1. The van der Waals surface area contributed by atoms with Gasteiger partial charge in [-0.05, 0) is 37.1 Å². The number of likely N-dealkylation sites (tertiary alicyclic amines) is 1. The Morgan fingerprint density at radius 1 is 1.19 bits per heavy atom. The van der Waals surface area contributed by atoms with E-state index in [2.05, 4.69) is 15.6 Å². The molecule has 0 atom stereocenters. The summed E-state index contributed by atoms with van der Waals surface area (Å²) in [5, 5.41) is 14.4. The summed E-state index contributed by atoms with van der Waals surface area (Å²) in [4.78, 5) is 30.4. The highest BCUT2D eigenvalue weighted by Gasteiger charge is 2.23. The van der Waals surface area contributed by atoms with Crippen molar-refractivity contribution in [3.05, 3.63) is 65.8 Å². The average Bonchev–Trinajstić information content (AvgIpc) is 3.32. The number of hydrogen-bond acceptors (Lipinski definition) is 7. The molecule has 8 nitrogen and oxygen atoms in total. The van der Waals surface area contributed by atoms with Crippen LogP contribution >= 0.6 is 0 Å². The SMILES string of the molecule is CN/C(=C(\C=N)C=O)N1CCC(NC(=O)c2ccc(-c3nccc4occc34)cc2)CC1. The molecule has 3 aromatic rings. The highest BCUT2D eigenvalue weighted by molar-refractivity contribution is 6.01. The first-order valence-electron chi connectivity index (χ1n) is 10.5. The average molecular weight is 431 g/mol. The Kier molecular flexibility index (Phi) is 6.30. The van der Waals surface area contributed by atoms with Crippen molar-refractivity contribution in [2.45, 2.75) is 18.9 Å². The lowest BCUT2D eigenvalue weighted by Gasteiger charge is -2.35. The summed E-state index contributed by atoms with van der Waals surface area (Å²) in [5.41, 5.74) is 3.43. The highest BCUT2D eigenvalue weighted by atomic mass is 16.3. The van der Waals surface area contributed by atoms with Gasteiger partial charge in [-0.1, -0.05) is 12.1 Å². The molecule has 1 fully saturated rings. The monoisotopic (exact) mass is 431 g/mol. The summed E-state index contributed by atoms with van der Waals surface area (Å²) in [6.07, 6.45) is 6.60. The Labute approximate surface area is 185 Å². The van der Waals surface area contributed by atoms with Crippen LogP contribution in [0.25, 0.3) is 22.2 Å². The van der Waals surface area contributed by atoms with Gasteiger partial charge in [0, 0.05) is 55.1 Å². The molecule has 1 aliphatic heterocycles. The predicted octanol–water partition coefficient (Wildman–Crippen LogP) is 2.97. The van der Waals surface area contributed by atoms with Gasteiger partial charge in [-0.15, -0.1) is 0 Å². The summed E-state index contributed by atoms with van der Waals surface area (Å²) in [5.74, 6) is 0.540. The molecule has 3 N–H and O–H groups in total. The minimum Gasteiger partial charge on any atom is -0.464 e. The van der Waals surface area contributed by atoms with Crippen molar-refractivity contribution in [3.63, 3.8) is 0 Å². The van der Waals surface area contributed by atoms with Crippen LogP contribution in [0, 0.1) is 5.41 Å². The molecule has 8 heteroatoms. The van der Waals surface area contributed by atoms with E-state index < -0.39 is 0 Å². The summed E-state index contributed by atoms with van der Waals surface area (Å²) >= 11 is 0. The van der Waals surface area contributed by atoms with Crippen LogP contribution in [-0.4, -0.2) is 54.5 Å². The number of benzene rings is 1. The molecule has 32 heavy (non-hydrogen) atoms. The van der Waals surface area contributed by atoms with E-state index in [1.807, 2.05) is 41.3 Å². The van der Waals surface area contributed by atoms with E-state index in [4.69, 9.17) is 9.83 Å². The van der Waals surface area contributed by atoms with Crippen molar-refractivity contribution in [1.29, 1.82) is 5.41 Å². The number of nitrogens with one attached hydrogen (secondary N) is 3. The molecule has 0 radical (unpaired) electrons. The van der Waals surface area contributed by atoms with Gasteiger partial charge in [-0.25, -0.2) is 0 Å². The number of nitrogens with zero attached hydrogens (tertiary/aromatic N) is 2. The van der Waals surface area contributed by atoms with Crippen LogP contribution in [0.4, 0.5) is 0 Å². The molecule has 1 amide bonds. The van der Waals surface area contributed by atoms with E-state index in [1.54, 1.807) is 19.5 Å². The summed E-state index contributed by atoms with van der Waals surface area (Å²) < 4.78 is 5.44. The van der Waals surface area contributed by atoms with Crippen LogP contribution in [0.2, 0.25) is 0 Å². The van der Waals surface area contributed by atoms with E-state index in [9.17, 15) is 9.59 Å². The zero-order chi connectivity index (χ0) is 22.5. The first-order valence-corrected chi connectivity index (χ1v) is 10.5. The Bertz CT molecular complexity index is 1150. The van der Waals surface area contributed by atoms with Gasteiger partial charge in [0.15, 0.2) is 6.29 Å². The van der Waals surface area contributed by atoms with Gasteiger partial charge in [-0.2, -0.15) is 0 Å². The lowest BCUT2D eigenvalue weighted by molar-refractivity contribution is -0.104. The molecule has 0 unspecified atom stereocenters. The second-order valence-corrected chi connectivity index (χ2v) is 7.62. The van der Waals surface area contributed by atoms with Crippen LogP contribution in [0.1, 0.15) is 23.2 Å². The van der Waals surface area contributed by atoms with Gasteiger partial charge >= 0.3 is 0 Å². The van der Waals surface area contributed by atoms with Gasteiger partial charge in [-0.3, -0.25) is 14.6 Å². The zero-order valence-corrected chi connectivity index (χ0v) is 17.8. The van der Waals surface area contributed by atoms with Crippen LogP contribution in [-0.2, 0) is 4.79 Å². The van der Waals surface area contributed by atoms with Crippen LogP contribution in [0.15, 0.2) is 64.7 Å². The van der Waals surface area contributed by atoms with Gasteiger partial charge in [0.1, 0.15) is 11.4 Å². The van der Waals surface area contributed by atoms with E-state index in [0.717, 1.165) is 41.3 Å². The molecule has 1 aliphatic rings. The largest absolute Gasteiger partial charge is 0.464 e. The zero-order valence-electron chi connectivity index (χ0n) is 17.8. The quantitative estimate of drug-likeness (QED) is 0.301. The van der Waals surface area contributed by atoms with E-state index >= 15 is 0 Å². The van der Waals surface area contributed by atoms with Crippen molar-refractivity contribution < 1.29 is 14.0 Å². The molecular formula is C24H25N5O3. The number of carbonyl (C=O) groups is 2. The third-order valence-corrected chi connectivity index (χ3v) is 5.74. The lowest BCUT2D eigenvalue weighted by atomic mass is 10.0. The maximum absolute atomic E-state index is 12.8. The number of amides is 1. The maximum Gasteiger partial charge on any atom is 0.251 e. The number of hydrogen-bond donors (Lipinski definition) is 3. The fourth-order valence-electron chi connectivity index (χ4n) is 4.06. The minimum atomic E-state index is -0.109. The Morgan fingerprint density at radius 3 is 2.59 bits per heavy atom. The summed E-state index contributed by atoms with van der Waals surface area (Å²) in [6.45, 7) is 1.37. The fraction of sp³-hybridized carbons (Fsp3) is 0.250. The Balaban J connectivity index is 1.39. The van der Waals surface area contributed by atoms with Crippen molar-refractivity contribution in [1.82, 2.24) is 20.5 Å². The molecule has 0 spiro atoms. The number of furan rings is 1. The highest BCUT2D eigenvalue weighted by Crippen LogP contribution is 2.27. The summed E-state index contributed by atoms with van der Waals surface area (Å²) in [7, 11) is 1.74. The van der Waals surface area contributed by atoms with E-state index in [1.165, 1.54) is 0 Å².